The minimum Gasteiger partial charge on any atom is -0.502 e. The monoisotopic (exact) mass is 457 g/mol. The third-order valence-electron chi connectivity index (χ3n) is 4.04. The molecule has 32 heavy (non-hydrogen) atoms. The van der Waals surface area contributed by atoms with Crippen LogP contribution in [0.3, 0.4) is 0 Å². The van der Waals surface area contributed by atoms with Crippen LogP contribution in [0, 0.1) is 5.92 Å². The molecule has 1 N–H and O–H groups in total. The van der Waals surface area contributed by atoms with Crippen LogP contribution in [-0.4, -0.2) is 67.6 Å². The smallest absolute Gasteiger partial charge is 0.372 e. The third kappa shape index (κ3) is 19.3. The number of aliphatic hydroxyl groups is 1. The van der Waals surface area contributed by atoms with E-state index in [1.807, 2.05) is 0 Å². The second-order valence-electron chi connectivity index (χ2n) is 6.57. The molecule has 0 bridgehead atoms. The molecule has 184 valence electrons. The van der Waals surface area contributed by atoms with Crippen LogP contribution in [0.15, 0.2) is 37.6 Å². The molecule has 0 spiro atoms. The summed E-state index contributed by atoms with van der Waals surface area (Å²) in [6.07, 6.45) is 7.00. The lowest BCUT2D eigenvalue weighted by molar-refractivity contribution is -0.199. The summed E-state index contributed by atoms with van der Waals surface area (Å²) in [5.41, 5.74) is 0. The zero-order valence-electron chi connectivity index (χ0n) is 19.7. The number of unbranched alkanes of at least 4 members (excludes halogenated alkanes) is 1. The number of hydrogen-bond donors (Lipinski definition) is 1. The van der Waals surface area contributed by atoms with E-state index in [9.17, 15) is 14.4 Å². The van der Waals surface area contributed by atoms with Gasteiger partial charge in [-0.15, -0.1) is 5.06 Å². The van der Waals surface area contributed by atoms with Crippen LogP contribution in [0.2, 0.25) is 0 Å². The van der Waals surface area contributed by atoms with Gasteiger partial charge in [0.2, 0.25) is 0 Å². The molecule has 1 fully saturated rings. The fourth-order valence-corrected chi connectivity index (χ4v) is 2.17. The number of hydroxylamine groups is 2. The van der Waals surface area contributed by atoms with Crippen molar-refractivity contribution in [1.82, 2.24) is 5.06 Å². The summed E-state index contributed by atoms with van der Waals surface area (Å²) in [5, 5.41) is 9.86. The number of carbonyl (C=O) groups is 3. The van der Waals surface area contributed by atoms with Gasteiger partial charge in [-0.05, 0) is 25.8 Å². The Kier molecular flexibility index (Phi) is 21.3. The zero-order valence-corrected chi connectivity index (χ0v) is 19.7. The van der Waals surface area contributed by atoms with Gasteiger partial charge < -0.3 is 24.2 Å². The van der Waals surface area contributed by atoms with Gasteiger partial charge in [0, 0.05) is 12.2 Å². The van der Waals surface area contributed by atoms with Crippen LogP contribution < -0.4 is 0 Å². The number of aliphatic hydroxyl groups excluding tert-OH is 1. The SMILES string of the molecule is C=C(O)C(=O)OCC.C=CC(=O)OCC(CC)CCCC.C=CC(=O)ON1CCOCC1. The Balaban J connectivity index is 0. The molecule has 0 aromatic heterocycles. The highest BCUT2D eigenvalue weighted by Gasteiger charge is 2.13. The highest BCUT2D eigenvalue weighted by atomic mass is 16.7. The van der Waals surface area contributed by atoms with E-state index in [4.69, 9.17) is 19.4 Å². The van der Waals surface area contributed by atoms with Gasteiger partial charge in [-0.3, -0.25) is 0 Å². The molecule has 1 saturated heterocycles. The van der Waals surface area contributed by atoms with Crippen molar-refractivity contribution >= 4 is 17.9 Å². The number of hydrogen-bond acceptors (Lipinski definition) is 9. The second kappa shape index (κ2) is 21.6. The Morgan fingerprint density at radius 3 is 2.06 bits per heavy atom. The number of ether oxygens (including phenoxy) is 3. The molecule has 0 radical (unpaired) electrons. The summed E-state index contributed by atoms with van der Waals surface area (Å²) >= 11 is 0. The van der Waals surface area contributed by atoms with E-state index in [1.54, 1.807) is 12.0 Å². The Morgan fingerprint density at radius 2 is 1.66 bits per heavy atom. The van der Waals surface area contributed by atoms with Gasteiger partial charge in [-0.1, -0.05) is 46.3 Å². The summed E-state index contributed by atoms with van der Waals surface area (Å²) in [6, 6.07) is 0. The normalized spacial score (nSPS) is 13.6. The van der Waals surface area contributed by atoms with Crippen molar-refractivity contribution < 1.29 is 38.5 Å². The fourth-order valence-electron chi connectivity index (χ4n) is 2.17. The van der Waals surface area contributed by atoms with Crippen LogP contribution in [0.1, 0.15) is 46.5 Å². The minimum absolute atomic E-state index is 0.262. The van der Waals surface area contributed by atoms with E-state index in [-0.39, 0.29) is 12.6 Å². The number of esters is 2. The first kappa shape index (κ1) is 31.5. The standard InChI is InChI=1S/C11H20O2.C7H11NO3.C5H8O3/c1-4-7-8-10(5-2)9-13-11(12)6-3;1-2-7(9)11-8-3-5-10-6-4-8;1-3-8-5(7)4(2)6/h6,10H,3-5,7-9H2,1-2H3;2H,1,3-6H2;6H,2-3H2,1H3. The molecule has 0 aromatic carbocycles. The van der Waals surface area contributed by atoms with Crippen molar-refractivity contribution in [3.05, 3.63) is 37.6 Å². The first-order valence-electron chi connectivity index (χ1n) is 10.8. The van der Waals surface area contributed by atoms with E-state index in [0.717, 1.165) is 18.9 Å². The average Bonchev–Trinajstić information content (AvgIpc) is 2.80. The van der Waals surface area contributed by atoms with Gasteiger partial charge in [0.25, 0.3) is 0 Å². The molecule has 0 aromatic rings. The Morgan fingerprint density at radius 1 is 1.06 bits per heavy atom. The molecule has 1 aliphatic rings. The van der Waals surface area contributed by atoms with Crippen molar-refractivity contribution in [3.8, 4) is 0 Å². The number of carbonyl (C=O) groups excluding carboxylic acids is 3. The van der Waals surface area contributed by atoms with Gasteiger partial charge in [-0.25, -0.2) is 14.4 Å². The first-order valence-corrected chi connectivity index (χ1v) is 10.8. The maximum absolute atomic E-state index is 10.8. The molecule has 1 unspecified atom stereocenters. The largest absolute Gasteiger partial charge is 0.502 e. The van der Waals surface area contributed by atoms with E-state index in [0.29, 0.717) is 38.8 Å². The van der Waals surface area contributed by atoms with Crippen molar-refractivity contribution in [2.75, 3.05) is 39.5 Å². The van der Waals surface area contributed by atoms with Crippen LogP contribution >= 0.6 is 0 Å². The van der Waals surface area contributed by atoms with Crippen LogP contribution in [0.5, 0.6) is 0 Å². The molecule has 9 nitrogen and oxygen atoms in total. The molecule has 0 amide bonds. The quantitative estimate of drug-likeness (QED) is 0.283. The average molecular weight is 458 g/mol. The first-order chi connectivity index (χ1) is 15.2. The Bertz CT molecular complexity index is 570. The highest BCUT2D eigenvalue weighted by Crippen LogP contribution is 2.12. The van der Waals surface area contributed by atoms with Gasteiger partial charge >= 0.3 is 17.9 Å². The maximum Gasteiger partial charge on any atom is 0.372 e. The van der Waals surface area contributed by atoms with Crippen LogP contribution in [0.4, 0.5) is 0 Å². The summed E-state index contributed by atoms with van der Waals surface area (Å²) in [4.78, 5) is 36.4. The summed E-state index contributed by atoms with van der Waals surface area (Å²) in [7, 11) is 0. The molecule has 1 heterocycles. The molecule has 1 aliphatic heterocycles. The molecular weight excluding hydrogens is 418 g/mol. The van der Waals surface area contributed by atoms with Gasteiger partial charge in [0.1, 0.15) is 0 Å². The summed E-state index contributed by atoms with van der Waals surface area (Å²) in [5.74, 6) is -1.51. The zero-order chi connectivity index (χ0) is 24.8. The minimum atomic E-state index is -0.757. The van der Waals surface area contributed by atoms with E-state index < -0.39 is 17.7 Å². The van der Waals surface area contributed by atoms with E-state index >= 15 is 0 Å². The molecule has 1 atom stereocenters. The predicted octanol–water partition coefficient (Wildman–Crippen LogP) is 3.52. The Hall–Kier alpha value is -2.65. The number of morpholine rings is 1. The number of rotatable bonds is 11. The van der Waals surface area contributed by atoms with E-state index in [1.165, 1.54) is 18.9 Å². The van der Waals surface area contributed by atoms with Gasteiger partial charge in [0.05, 0.1) is 39.5 Å². The Labute approximate surface area is 191 Å². The lowest BCUT2D eigenvalue weighted by Crippen LogP contribution is -2.37. The maximum atomic E-state index is 10.8. The van der Waals surface area contributed by atoms with Crippen LogP contribution in [-0.2, 0) is 33.4 Å². The molecule has 9 heteroatoms. The van der Waals surface area contributed by atoms with E-state index in [2.05, 4.69) is 38.3 Å². The van der Waals surface area contributed by atoms with Crippen molar-refractivity contribution in [2.24, 2.45) is 5.92 Å². The molecule has 0 saturated carbocycles. The van der Waals surface area contributed by atoms with Crippen molar-refractivity contribution in [2.45, 2.75) is 46.5 Å². The van der Waals surface area contributed by atoms with Gasteiger partial charge in [0.15, 0.2) is 5.76 Å². The fraction of sp³-hybridized carbons (Fsp3) is 0.609. The third-order valence-corrected chi connectivity index (χ3v) is 4.04. The van der Waals surface area contributed by atoms with Crippen LogP contribution in [0.25, 0.3) is 0 Å². The topological polar surface area (TPSA) is 112 Å². The second-order valence-corrected chi connectivity index (χ2v) is 6.57. The number of nitrogens with zero attached hydrogens (tertiary/aromatic N) is 1. The summed E-state index contributed by atoms with van der Waals surface area (Å²) in [6.45, 7) is 18.9. The molecule has 0 aliphatic carbocycles. The van der Waals surface area contributed by atoms with Gasteiger partial charge in [-0.2, -0.15) is 0 Å². The molecular formula is C23H39NO8. The predicted molar refractivity (Wildman–Crippen MR) is 122 cm³/mol. The molecule has 1 rings (SSSR count). The lowest BCUT2D eigenvalue weighted by Gasteiger charge is -2.24. The van der Waals surface area contributed by atoms with Crippen molar-refractivity contribution in [1.29, 1.82) is 0 Å². The summed E-state index contributed by atoms with van der Waals surface area (Å²) < 4.78 is 14.4. The van der Waals surface area contributed by atoms with Crippen molar-refractivity contribution in [3.63, 3.8) is 0 Å². The lowest BCUT2D eigenvalue weighted by atomic mass is 10.0. The highest BCUT2D eigenvalue weighted by molar-refractivity contribution is 5.84.